The molecule has 0 aliphatic rings. The lowest BCUT2D eigenvalue weighted by Gasteiger charge is -2.03. The van der Waals surface area contributed by atoms with Crippen molar-refractivity contribution in [2.24, 2.45) is 10.9 Å². The van der Waals surface area contributed by atoms with E-state index in [9.17, 15) is 0 Å². The van der Waals surface area contributed by atoms with Crippen LogP contribution in [0.1, 0.15) is 27.7 Å². The predicted octanol–water partition coefficient (Wildman–Crippen LogP) is 3.23. The summed E-state index contributed by atoms with van der Waals surface area (Å²) in [5.74, 6) is 0.529. The van der Waals surface area contributed by atoms with E-state index < -0.39 is 0 Å². The Hall–Kier alpha value is -0.850. The number of aliphatic imine (C=N–C) groups is 1. The van der Waals surface area contributed by atoms with Crippen LogP contribution < -0.4 is 0 Å². The molecule has 1 nitrogen and oxygen atoms in total. The first-order valence-electron chi connectivity index (χ1n) is 4.43. The highest BCUT2D eigenvalue weighted by Gasteiger charge is 1.95. The van der Waals surface area contributed by atoms with Gasteiger partial charge in [-0.25, -0.2) is 0 Å². The Bertz CT molecular complexity index is 185. The highest BCUT2D eigenvalue weighted by molar-refractivity contribution is 5.73. The normalized spacial score (nSPS) is 13.3. The van der Waals surface area contributed by atoms with E-state index in [0.29, 0.717) is 12.0 Å². The first-order chi connectivity index (χ1) is 5.57. The molecule has 0 aliphatic heterocycles. The van der Waals surface area contributed by atoms with Crippen molar-refractivity contribution in [1.29, 1.82) is 0 Å². The van der Waals surface area contributed by atoms with Crippen LogP contribution in [0.25, 0.3) is 0 Å². The molecule has 0 unspecified atom stereocenters. The van der Waals surface area contributed by atoms with Crippen LogP contribution in [-0.4, -0.2) is 12.3 Å². The molecule has 0 bridgehead atoms. The minimum atomic E-state index is 0.375. The Labute approximate surface area is 75.9 Å². The van der Waals surface area contributed by atoms with E-state index in [1.54, 1.807) is 0 Å². The van der Waals surface area contributed by atoms with Crippen molar-refractivity contribution < 1.29 is 0 Å². The maximum Gasteiger partial charge on any atom is 0.0443 e. The van der Waals surface area contributed by atoms with Crippen LogP contribution in [0.15, 0.2) is 29.3 Å². The van der Waals surface area contributed by atoms with E-state index in [4.69, 9.17) is 0 Å². The molecule has 0 spiro atoms. The van der Waals surface area contributed by atoms with E-state index in [2.05, 4.69) is 39.3 Å². The molecule has 0 atom stereocenters. The minimum Gasteiger partial charge on any atom is -0.290 e. The van der Waals surface area contributed by atoms with Gasteiger partial charge in [-0.1, -0.05) is 26.5 Å². The van der Waals surface area contributed by atoms with Crippen molar-refractivity contribution in [2.45, 2.75) is 33.7 Å². The molecule has 0 fully saturated rings. The van der Waals surface area contributed by atoms with Crippen LogP contribution in [0.5, 0.6) is 0 Å². The fourth-order valence-electron chi connectivity index (χ4n) is 0.797. The van der Waals surface area contributed by atoms with Gasteiger partial charge >= 0.3 is 0 Å². The quantitative estimate of drug-likeness (QED) is 0.448. The first kappa shape index (κ1) is 11.2. The van der Waals surface area contributed by atoms with Gasteiger partial charge < -0.3 is 0 Å². The highest BCUT2D eigenvalue weighted by Crippen LogP contribution is 2.08. The second-order valence-electron chi connectivity index (χ2n) is 3.42. The topological polar surface area (TPSA) is 12.4 Å². The number of rotatable bonds is 4. The molecule has 0 aromatic carbocycles. The van der Waals surface area contributed by atoms with Gasteiger partial charge in [-0.3, -0.25) is 4.99 Å². The van der Waals surface area contributed by atoms with E-state index in [0.717, 1.165) is 0 Å². The summed E-state index contributed by atoms with van der Waals surface area (Å²) in [7, 11) is 0. The number of hydrogen-bond acceptors (Lipinski definition) is 1. The van der Waals surface area contributed by atoms with Crippen molar-refractivity contribution in [3.05, 3.63) is 24.3 Å². The zero-order valence-corrected chi connectivity index (χ0v) is 8.54. The average Bonchev–Trinajstić information content (AvgIpc) is 1.96. The van der Waals surface area contributed by atoms with Gasteiger partial charge in [0.15, 0.2) is 0 Å². The number of nitrogens with zero attached hydrogens (tertiary/aromatic N) is 1. The van der Waals surface area contributed by atoms with Gasteiger partial charge in [0.05, 0.1) is 0 Å². The molecule has 0 saturated heterocycles. The maximum atomic E-state index is 4.25. The van der Waals surface area contributed by atoms with Crippen molar-refractivity contribution in [3.63, 3.8) is 0 Å². The van der Waals surface area contributed by atoms with Gasteiger partial charge in [-0.05, 0) is 31.4 Å². The predicted molar refractivity (Wildman–Crippen MR) is 56.7 cm³/mol. The molecule has 0 radical (unpaired) electrons. The smallest absolute Gasteiger partial charge is 0.0443 e. The summed E-state index contributed by atoms with van der Waals surface area (Å²) in [6, 6.07) is 0.375. The Balaban J connectivity index is 4.21. The number of allylic oxidation sites excluding steroid dienone is 3. The summed E-state index contributed by atoms with van der Waals surface area (Å²) in [5, 5.41) is 0. The van der Waals surface area contributed by atoms with Crippen molar-refractivity contribution in [1.82, 2.24) is 0 Å². The molecule has 68 valence electrons. The lowest BCUT2D eigenvalue weighted by atomic mass is 10.0. The molecule has 0 N–H and O–H groups in total. The van der Waals surface area contributed by atoms with E-state index in [-0.39, 0.29) is 0 Å². The second kappa shape index (κ2) is 5.76. The third-order valence-electron chi connectivity index (χ3n) is 1.55. The standard InChI is InChI=1S/C11H19N/c1-6-11(9(2)3)7-8-12-10(4)5/h6-10H,1H2,2-5H3/b11-7+,12-8?. The summed E-state index contributed by atoms with van der Waals surface area (Å²) in [5.41, 5.74) is 1.24. The average molecular weight is 165 g/mol. The molecule has 12 heavy (non-hydrogen) atoms. The SMILES string of the molecule is C=C/C(=C\C=NC(C)C)C(C)C. The molecular weight excluding hydrogens is 146 g/mol. The zero-order chi connectivity index (χ0) is 9.56. The first-order valence-corrected chi connectivity index (χ1v) is 4.43. The fourth-order valence-corrected chi connectivity index (χ4v) is 0.797. The van der Waals surface area contributed by atoms with Gasteiger partial charge in [0.2, 0.25) is 0 Å². The summed E-state index contributed by atoms with van der Waals surface area (Å²) in [6.07, 6.45) is 5.77. The lowest BCUT2D eigenvalue weighted by molar-refractivity contribution is 0.792. The largest absolute Gasteiger partial charge is 0.290 e. The van der Waals surface area contributed by atoms with Gasteiger partial charge in [0.25, 0.3) is 0 Å². The second-order valence-corrected chi connectivity index (χ2v) is 3.42. The van der Waals surface area contributed by atoms with Gasteiger partial charge in [-0.15, -0.1) is 0 Å². The van der Waals surface area contributed by atoms with Crippen molar-refractivity contribution >= 4 is 6.21 Å². The molecule has 0 heterocycles. The van der Waals surface area contributed by atoms with Crippen LogP contribution in [0.2, 0.25) is 0 Å². The fraction of sp³-hybridized carbons (Fsp3) is 0.545. The van der Waals surface area contributed by atoms with E-state index >= 15 is 0 Å². The molecule has 0 aliphatic carbocycles. The summed E-state index contributed by atoms with van der Waals surface area (Å²) >= 11 is 0. The summed E-state index contributed by atoms with van der Waals surface area (Å²) in [6.45, 7) is 12.2. The Morgan fingerprint density at radius 1 is 1.25 bits per heavy atom. The number of hydrogen-bond donors (Lipinski definition) is 0. The molecule has 0 aromatic heterocycles. The zero-order valence-electron chi connectivity index (χ0n) is 8.54. The van der Waals surface area contributed by atoms with Crippen LogP contribution in [0, 0.1) is 5.92 Å². The van der Waals surface area contributed by atoms with Gasteiger partial charge in [0, 0.05) is 12.3 Å². The van der Waals surface area contributed by atoms with Crippen molar-refractivity contribution in [3.8, 4) is 0 Å². The molecule has 0 rings (SSSR count). The van der Waals surface area contributed by atoms with Crippen LogP contribution in [-0.2, 0) is 0 Å². The molecule has 0 amide bonds. The van der Waals surface area contributed by atoms with Gasteiger partial charge in [-0.2, -0.15) is 0 Å². The monoisotopic (exact) mass is 165 g/mol. The van der Waals surface area contributed by atoms with Gasteiger partial charge in [0.1, 0.15) is 0 Å². The van der Waals surface area contributed by atoms with Crippen LogP contribution >= 0.6 is 0 Å². The van der Waals surface area contributed by atoms with Crippen LogP contribution in [0.4, 0.5) is 0 Å². The highest BCUT2D eigenvalue weighted by atomic mass is 14.7. The Morgan fingerprint density at radius 2 is 1.83 bits per heavy atom. The molecule has 0 aromatic rings. The van der Waals surface area contributed by atoms with E-state index in [1.165, 1.54) is 5.57 Å². The minimum absolute atomic E-state index is 0.375. The molecule has 0 saturated carbocycles. The van der Waals surface area contributed by atoms with Crippen molar-refractivity contribution in [2.75, 3.05) is 0 Å². The molecule has 1 heteroatoms. The maximum absolute atomic E-state index is 4.25. The van der Waals surface area contributed by atoms with E-state index in [1.807, 2.05) is 18.4 Å². The Morgan fingerprint density at radius 3 is 2.17 bits per heavy atom. The Kier molecular flexibility index (Phi) is 5.35. The lowest BCUT2D eigenvalue weighted by Crippen LogP contribution is -1.92. The third kappa shape index (κ3) is 4.89. The molecular formula is C11H19N. The summed E-state index contributed by atoms with van der Waals surface area (Å²) in [4.78, 5) is 4.25. The third-order valence-corrected chi connectivity index (χ3v) is 1.55. The summed E-state index contributed by atoms with van der Waals surface area (Å²) < 4.78 is 0. The van der Waals surface area contributed by atoms with Crippen LogP contribution in [0.3, 0.4) is 0 Å².